The molecule has 5 nitrogen and oxygen atoms in total. The number of ether oxygens (including phenoxy) is 2. The summed E-state index contributed by atoms with van der Waals surface area (Å²) >= 11 is 0. The molecule has 0 fully saturated rings. The van der Waals surface area contributed by atoms with Crippen LogP contribution < -0.4 is 0 Å². The summed E-state index contributed by atoms with van der Waals surface area (Å²) in [6.45, 7) is 8.30. The number of aliphatic carboxylic acids is 1. The van der Waals surface area contributed by atoms with Gasteiger partial charge in [0.1, 0.15) is 6.61 Å². The van der Waals surface area contributed by atoms with Crippen molar-refractivity contribution in [2.24, 2.45) is 0 Å². The van der Waals surface area contributed by atoms with Crippen LogP contribution in [0.25, 0.3) is 0 Å². The van der Waals surface area contributed by atoms with Crippen molar-refractivity contribution in [2.45, 2.75) is 33.1 Å². The fraction of sp³-hybridized carbons (Fsp3) is 0.571. The van der Waals surface area contributed by atoms with Crippen molar-refractivity contribution >= 4 is 11.9 Å². The van der Waals surface area contributed by atoms with Gasteiger partial charge in [0.2, 0.25) is 0 Å². The van der Waals surface area contributed by atoms with Crippen molar-refractivity contribution in [1.82, 2.24) is 0 Å². The van der Waals surface area contributed by atoms with Gasteiger partial charge < -0.3 is 14.6 Å². The first-order chi connectivity index (χ1) is 8.99. The number of carbonyl (C=O) groups excluding carboxylic acids is 1. The minimum absolute atomic E-state index is 0.174. The van der Waals surface area contributed by atoms with E-state index >= 15 is 0 Å². The van der Waals surface area contributed by atoms with E-state index in [-0.39, 0.29) is 24.2 Å². The summed E-state index contributed by atoms with van der Waals surface area (Å²) in [6.07, 6.45) is 3.66. The second kappa shape index (κ2) is 10.3. The van der Waals surface area contributed by atoms with Crippen LogP contribution in [0.15, 0.2) is 23.8 Å². The van der Waals surface area contributed by atoms with Crippen LogP contribution in [0.3, 0.4) is 0 Å². The summed E-state index contributed by atoms with van der Waals surface area (Å²) in [7, 11) is 0. The third-order valence-corrected chi connectivity index (χ3v) is 2.38. The van der Waals surface area contributed by atoms with Gasteiger partial charge in [0.25, 0.3) is 0 Å². The van der Waals surface area contributed by atoms with Crippen molar-refractivity contribution in [3.8, 4) is 0 Å². The average Bonchev–Trinajstić information content (AvgIpc) is 2.38. The lowest BCUT2D eigenvalue weighted by molar-refractivity contribution is -0.140. The summed E-state index contributed by atoms with van der Waals surface area (Å²) in [4.78, 5) is 22.0. The van der Waals surface area contributed by atoms with Crippen molar-refractivity contribution in [3.05, 3.63) is 23.8 Å². The average molecular weight is 270 g/mol. The number of carboxylic acid groups (broad SMARTS) is 1. The van der Waals surface area contributed by atoms with Crippen molar-refractivity contribution in [2.75, 3.05) is 19.8 Å². The smallest absolute Gasteiger partial charge is 0.333 e. The van der Waals surface area contributed by atoms with Gasteiger partial charge in [-0.2, -0.15) is 0 Å². The number of carboxylic acids is 1. The predicted molar refractivity (Wildman–Crippen MR) is 71.8 cm³/mol. The molecule has 1 N–H and O–H groups in total. The Balaban J connectivity index is 3.80. The largest absolute Gasteiger partial charge is 0.478 e. The van der Waals surface area contributed by atoms with Gasteiger partial charge in [-0.05, 0) is 19.8 Å². The highest BCUT2D eigenvalue weighted by molar-refractivity contribution is 5.89. The molecule has 0 radical (unpaired) electrons. The number of carbonyl (C=O) groups is 2. The Morgan fingerprint density at radius 2 is 1.95 bits per heavy atom. The fourth-order valence-corrected chi connectivity index (χ4v) is 1.09. The number of rotatable bonds is 10. The minimum Gasteiger partial charge on any atom is -0.478 e. The maximum atomic E-state index is 11.5. The molecule has 0 atom stereocenters. The first-order valence-corrected chi connectivity index (χ1v) is 6.31. The lowest BCUT2D eigenvalue weighted by Crippen LogP contribution is -2.12. The molecule has 108 valence electrons. The van der Waals surface area contributed by atoms with Crippen molar-refractivity contribution in [1.29, 1.82) is 0 Å². The number of allylic oxidation sites excluding steroid dienone is 1. The third kappa shape index (κ3) is 9.02. The van der Waals surface area contributed by atoms with Gasteiger partial charge in [-0.15, -0.1) is 0 Å². The summed E-state index contributed by atoms with van der Waals surface area (Å²) in [5.74, 6) is -1.53. The number of hydrogen-bond acceptors (Lipinski definition) is 4. The van der Waals surface area contributed by atoms with Crippen LogP contribution in [0.2, 0.25) is 0 Å². The summed E-state index contributed by atoms with van der Waals surface area (Å²) in [5, 5.41) is 8.65. The maximum absolute atomic E-state index is 11.5. The molecule has 0 rings (SSSR count). The van der Waals surface area contributed by atoms with Crippen LogP contribution >= 0.6 is 0 Å². The molecule has 0 aliphatic rings. The van der Waals surface area contributed by atoms with Gasteiger partial charge in [-0.3, -0.25) is 0 Å². The number of esters is 1. The topological polar surface area (TPSA) is 72.8 Å². The Kier molecular flexibility index (Phi) is 9.44. The zero-order valence-electron chi connectivity index (χ0n) is 11.6. The second-order valence-electron chi connectivity index (χ2n) is 4.10. The first kappa shape index (κ1) is 17.4. The Morgan fingerprint density at radius 3 is 2.53 bits per heavy atom. The molecule has 0 bridgehead atoms. The van der Waals surface area contributed by atoms with Crippen molar-refractivity contribution < 1.29 is 24.2 Å². The first-order valence-electron chi connectivity index (χ1n) is 6.31. The molecule has 19 heavy (non-hydrogen) atoms. The van der Waals surface area contributed by atoms with Crippen LogP contribution in [-0.4, -0.2) is 36.9 Å². The van der Waals surface area contributed by atoms with Gasteiger partial charge in [-0.1, -0.05) is 26.0 Å². The zero-order chi connectivity index (χ0) is 14.7. The van der Waals surface area contributed by atoms with Crippen LogP contribution in [0.4, 0.5) is 0 Å². The van der Waals surface area contributed by atoms with E-state index in [0.717, 1.165) is 12.8 Å². The van der Waals surface area contributed by atoms with E-state index in [4.69, 9.17) is 14.6 Å². The molecule has 0 aromatic carbocycles. The summed E-state index contributed by atoms with van der Waals surface area (Å²) in [5.41, 5.74) is 0.408. The monoisotopic (exact) mass is 270 g/mol. The highest BCUT2D eigenvalue weighted by atomic mass is 16.6. The second-order valence-corrected chi connectivity index (χ2v) is 4.10. The van der Waals surface area contributed by atoms with Gasteiger partial charge in [0, 0.05) is 17.8 Å². The molecule has 0 spiro atoms. The Morgan fingerprint density at radius 1 is 1.26 bits per heavy atom. The SMILES string of the molecule is C=C(CC=C(C)C(=O)O)C(=O)OCCOCCCC. The van der Waals surface area contributed by atoms with E-state index in [1.807, 2.05) is 0 Å². The van der Waals surface area contributed by atoms with Crippen molar-refractivity contribution in [3.63, 3.8) is 0 Å². The molecule has 0 aliphatic heterocycles. The van der Waals surface area contributed by atoms with E-state index in [2.05, 4.69) is 13.5 Å². The molecule has 0 unspecified atom stereocenters. The van der Waals surface area contributed by atoms with Crippen LogP contribution in [0.5, 0.6) is 0 Å². The molecular formula is C14H22O5. The van der Waals surface area contributed by atoms with E-state index in [1.54, 1.807) is 0 Å². The molecule has 0 aromatic heterocycles. The summed E-state index contributed by atoms with van der Waals surface area (Å²) in [6, 6.07) is 0. The van der Waals surface area contributed by atoms with E-state index < -0.39 is 11.9 Å². The molecule has 0 saturated carbocycles. The molecule has 5 heteroatoms. The number of hydrogen-bond donors (Lipinski definition) is 1. The van der Waals surface area contributed by atoms with Gasteiger partial charge in [0.15, 0.2) is 0 Å². The quantitative estimate of drug-likeness (QED) is 0.374. The highest BCUT2D eigenvalue weighted by Gasteiger charge is 2.08. The van der Waals surface area contributed by atoms with Gasteiger partial charge >= 0.3 is 11.9 Å². The lowest BCUT2D eigenvalue weighted by Gasteiger charge is -2.06. The minimum atomic E-state index is -1.01. The molecule has 0 amide bonds. The van der Waals surface area contributed by atoms with Crippen LogP contribution in [0.1, 0.15) is 33.1 Å². The van der Waals surface area contributed by atoms with E-state index in [0.29, 0.717) is 13.2 Å². The van der Waals surface area contributed by atoms with Crippen LogP contribution in [0, 0.1) is 0 Å². The number of unbranched alkanes of at least 4 members (excludes halogenated alkanes) is 1. The third-order valence-electron chi connectivity index (χ3n) is 2.38. The maximum Gasteiger partial charge on any atom is 0.333 e. The molecule has 0 heterocycles. The zero-order valence-corrected chi connectivity index (χ0v) is 11.6. The standard InChI is InChI=1S/C14H22O5/c1-4-5-8-18-9-10-19-14(17)12(3)7-6-11(2)13(15)16/h6H,3-5,7-10H2,1-2H3,(H,15,16). The molecule has 0 aromatic rings. The molecular weight excluding hydrogens is 248 g/mol. The lowest BCUT2D eigenvalue weighted by atomic mass is 10.1. The Labute approximate surface area is 113 Å². The molecule has 0 aliphatic carbocycles. The highest BCUT2D eigenvalue weighted by Crippen LogP contribution is 2.05. The van der Waals surface area contributed by atoms with E-state index in [1.165, 1.54) is 13.0 Å². The Bertz CT molecular complexity index is 344. The van der Waals surface area contributed by atoms with Gasteiger partial charge in [-0.25, -0.2) is 9.59 Å². The van der Waals surface area contributed by atoms with Crippen LogP contribution in [-0.2, 0) is 19.1 Å². The van der Waals surface area contributed by atoms with Gasteiger partial charge in [0.05, 0.1) is 6.61 Å². The summed E-state index contributed by atoms with van der Waals surface area (Å²) < 4.78 is 10.2. The van der Waals surface area contributed by atoms with E-state index in [9.17, 15) is 9.59 Å². The Hall–Kier alpha value is -1.62. The fourth-order valence-electron chi connectivity index (χ4n) is 1.09. The predicted octanol–water partition coefficient (Wildman–Crippen LogP) is 2.32. The normalized spacial score (nSPS) is 11.2. The molecule has 0 saturated heterocycles.